The number of nitro groups is 1. The second-order valence-electron chi connectivity index (χ2n) is 4.79. The number of likely N-dealkylation sites (N-methyl/N-ethyl adjacent to an activating group) is 1. The summed E-state index contributed by atoms with van der Waals surface area (Å²) in [4.78, 5) is 17.3. The van der Waals surface area contributed by atoms with E-state index in [9.17, 15) is 10.1 Å². The number of benzene rings is 1. The van der Waals surface area contributed by atoms with Gasteiger partial charge in [-0.3, -0.25) is 10.1 Å². The van der Waals surface area contributed by atoms with E-state index < -0.39 is 0 Å². The van der Waals surface area contributed by atoms with Crippen LogP contribution in [0.4, 0.5) is 5.69 Å². The van der Waals surface area contributed by atoms with Gasteiger partial charge in [-0.2, -0.15) is 0 Å². The molecule has 0 fully saturated rings. The first-order chi connectivity index (χ1) is 9.56. The minimum absolute atomic E-state index is 0.0888. The Morgan fingerprint density at radius 3 is 2.65 bits per heavy atom. The van der Waals surface area contributed by atoms with Gasteiger partial charge in [0.25, 0.3) is 5.69 Å². The van der Waals surface area contributed by atoms with E-state index in [-0.39, 0.29) is 10.6 Å². The summed E-state index contributed by atoms with van der Waals surface area (Å²) in [5.41, 5.74) is 1.72. The van der Waals surface area contributed by atoms with Crippen LogP contribution in [0.15, 0.2) is 18.2 Å². The van der Waals surface area contributed by atoms with Gasteiger partial charge in [0.2, 0.25) is 0 Å². The number of hydrogen-bond acceptors (Lipinski definition) is 4. The van der Waals surface area contributed by atoms with Crippen molar-refractivity contribution in [3.8, 4) is 0 Å². The molecule has 20 heavy (non-hydrogen) atoms. The fourth-order valence-electron chi connectivity index (χ4n) is 2.37. The van der Waals surface area contributed by atoms with Crippen LogP contribution in [0, 0.1) is 10.1 Å². The van der Waals surface area contributed by atoms with Crippen LogP contribution in [0.25, 0.3) is 11.0 Å². The molecule has 108 valence electrons. The molecule has 0 N–H and O–H groups in total. The van der Waals surface area contributed by atoms with Crippen molar-refractivity contribution >= 4 is 16.7 Å². The van der Waals surface area contributed by atoms with E-state index in [1.165, 1.54) is 12.1 Å². The highest BCUT2D eigenvalue weighted by molar-refractivity contribution is 5.78. The summed E-state index contributed by atoms with van der Waals surface area (Å²) >= 11 is 0. The number of aromatic nitrogens is 2. The molecular weight excluding hydrogens is 256 g/mol. The van der Waals surface area contributed by atoms with Crippen molar-refractivity contribution in [3.63, 3.8) is 0 Å². The molecule has 0 amide bonds. The van der Waals surface area contributed by atoms with Crippen LogP contribution in [-0.4, -0.2) is 39.0 Å². The van der Waals surface area contributed by atoms with Crippen molar-refractivity contribution in [2.75, 3.05) is 19.6 Å². The minimum Gasteiger partial charge on any atom is -0.331 e. The SMILES string of the molecule is CCN(CC)CCc1nc2cc([N+](=O)[O-])ccc2n1C. The van der Waals surface area contributed by atoms with Gasteiger partial charge in [-0.15, -0.1) is 0 Å². The summed E-state index contributed by atoms with van der Waals surface area (Å²) < 4.78 is 2.02. The molecule has 1 aromatic carbocycles. The smallest absolute Gasteiger partial charge is 0.271 e. The van der Waals surface area contributed by atoms with Crippen LogP contribution in [0.2, 0.25) is 0 Å². The van der Waals surface area contributed by atoms with E-state index >= 15 is 0 Å². The van der Waals surface area contributed by atoms with Crippen molar-refractivity contribution in [1.82, 2.24) is 14.5 Å². The van der Waals surface area contributed by atoms with Gasteiger partial charge in [0.1, 0.15) is 5.82 Å². The molecule has 2 aromatic rings. The lowest BCUT2D eigenvalue weighted by Gasteiger charge is -2.17. The zero-order chi connectivity index (χ0) is 14.7. The fraction of sp³-hybridized carbons (Fsp3) is 0.500. The first kappa shape index (κ1) is 14.5. The van der Waals surface area contributed by atoms with Crippen LogP contribution in [0.5, 0.6) is 0 Å². The van der Waals surface area contributed by atoms with Crippen molar-refractivity contribution in [2.45, 2.75) is 20.3 Å². The predicted octanol–water partition coefficient (Wildman–Crippen LogP) is 2.37. The van der Waals surface area contributed by atoms with E-state index in [4.69, 9.17) is 0 Å². The number of nitro benzene ring substituents is 1. The molecule has 0 unspecified atom stereocenters. The summed E-state index contributed by atoms with van der Waals surface area (Å²) in [6, 6.07) is 4.83. The summed E-state index contributed by atoms with van der Waals surface area (Å²) in [6.07, 6.45) is 0.848. The summed E-state index contributed by atoms with van der Waals surface area (Å²) in [5.74, 6) is 0.965. The van der Waals surface area contributed by atoms with Gasteiger partial charge in [-0.25, -0.2) is 4.98 Å². The zero-order valence-electron chi connectivity index (χ0n) is 12.2. The highest BCUT2D eigenvalue weighted by atomic mass is 16.6. The molecule has 6 nitrogen and oxygen atoms in total. The Kier molecular flexibility index (Phi) is 4.34. The van der Waals surface area contributed by atoms with E-state index in [0.29, 0.717) is 5.52 Å². The average Bonchev–Trinajstić information content (AvgIpc) is 2.76. The molecule has 6 heteroatoms. The Morgan fingerprint density at radius 2 is 2.05 bits per heavy atom. The highest BCUT2D eigenvalue weighted by Crippen LogP contribution is 2.21. The maximum Gasteiger partial charge on any atom is 0.271 e. The largest absolute Gasteiger partial charge is 0.331 e. The van der Waals surface area contributed by atoms with Gasteiger partial charge in [-0.1, -0.05) is 13.8 Å². The monoisotopic (exact) mass is 276 g/mol. The topological polar surface area (TPSA) is 64.2 Å². The first-order valence-electron chi connectivity index (χ1n) is 6.88. The Morgan fingerprint density at radius 1 is 1.35 bits per heavy atom. The molecule has 0 spiro atoms. The fourth-order valence-corrected chi connectivity index (χ4v) is 2.37. The molecule has 0 saturated carbocycles. The Bertz CT molecular complexity index is 617. The van der Waals surface area contributed by atoms with Crippen molar-refractivity contribution in [1.29, 1.82) is 0 Å². The van der Waals surface area contributed by atoms with Gasteiger partial charge >= 0.3 is 0 Å². The third-order valence-electron chi connectivity index (χ3n) is 3.71. The van der Waals surface area contributed by atoms with Crippen molar-refractivity contribution in [3.05, 3.63) is 34.1 Å². The number of aryl methyl sites for hydroxylation is 1. The van der Waals surface area contributed by atoms with Crippen LogP contribution in [0.1, 0.15) is 19.7 Å². The molecular formula is C14H20N4O2. The summed E-state index contributed by atoms with van der Waals surface area (Å²) in [5, 5.41) is 10.8. The number of imidazole rings is 1. The summed E-state index contributed by atoms with van der Waals surface area (Å²) in [6.45, 7) is 7.27. The second-order valence-corrected chi connectivity index (χ2v) is 4.79. The third kappa shape index (κ3) is 2.80. The molecule has 0 atom stereocenters. The Balaban J connectivity index is 2.26. The van der Waals surface area contributed by atoms with Crippen molar-refractivity contribution in [2.24, 2.45) is 7.05 Å². The van der Waals surface area contributed by atoms with Crippen LogP contribution >= 0.6 is 0 Å². The Labute approximate surface area is 118 Å². The van der Waals surface area contributed by atoms with Gasteiger partial charge in [0.15, 0.2) is 0 Å². The van der Waals surface area contributed by atoms with Gasteiger partial charge < -0.3 is 9.47 Å². The summed E-state index contributed by atoms with van der Waals surface area (Å²) in [7, 11) is 1.96. The van der Waals surface area contributed by atoms with Gasteiger partial charge in [-0.05, 0) is 19.2 Å². The highest BCUT2D eigenvalue weighted by Gasteiger charge is 2.13. The number of fused-ring (bicyclic) bond motifs is 1. The Hall–Kier alpha value is -1.95. The molecule has 0 bridgehead atoms. The van der Waals surface area contributed by atoms with Gasteiger partial charge in [0, 0.05) is 32.1 Å². The van der Waals surface area contributed by atoms with E-state index in [1.807, 2.05) is 11.6 Å². The zero-order valence-corrected chi connectivity index (χ0v) is 12.2. The predicted molar refractivity (Wildman–Crippen MR) is 78.9 cm³/mol. The van der Waals surface area contributed by atoms with Crippen molar-refractivity contribution < 1.29 is 4.92 Å². The number of hydrogen-bond donors (Lipinski definition) is 0. The molecule has 0 aliphatic carbocycles. The molecule has 1 aromatic heterocycles. The van der Waals surface area contributed by atoms with Crippen LogP contribution in [-0.2, 0) is 13.5 Å². The molecule has 0 aliphatic rings. The molecule has 0 aliphatic heterocycles. The average molecular weight is 276 g/mol. The first-order valence-corrected chi connectivity index (χ1v) is 6.88. The number of non-ortho nitro benzene ring substituents is 1. The molecule has 0 radical (unpaired) electrons. The quantitative estimate of drug-likeness (QED) is 0.600. The minimum atomic E-state index is -0.385. The maximum absolute atomic E-state index is 10.8. The molecule has 1 heterocycles. The van der Waals surface area contributed by atoms with Crippen LogP contribution < -0.4 is 0 Å². The molecule has 0 saturated heterocycles. The van der Waals surface area contributed by atoms with Gasteiger partial charge in [0.05, 0.1) is 16.0 Å². The number of rotatable bonds is 6. The lowest BCUT2D eigenvalue weighted by molar-refractivity contribution is -0.384. The van der Waals surface area contributed by atoms with Crippen LogP contribution in [0.3, 0.4) is 0 Å². The molecule has 2 rings (SSSR count). The van der Waals surface area contributed by atoms with E-state index in [0.717, 1.165) is 37.4 Å². The normalized spacial score (nSPS) is 11.4. The standard InChI is InChI=1S/C14H20N4O2/c1-4-17(5-2)9-8-14-15-12-10-11(18(19)20)6-7-13(12)16(14)3/h6-7,10H,4-5,8-9H2,1-3H3. The maximum atomic E-state index is 10.8. The third-order valence-corrected chi connectivity index (χ3v) is 3.71. The van der Waals surface area contributed by atoms with E-state index in [1.54, 1.807) is 6.07 Å². The van der Waals surface area contributed by atoms with E-state index in [2.05, 4.69) is 23.7 Å². The lowest BCUT2D eigenvalue weighted by Crippen LogP contribution is -2.26. The number of nitrogens with zero attached hydrogens (tertiary/aromatic N) is 4. The second kappa shape index (κ2) is 6.00. The lowest BCUT2D eigenvalue weighted by atomic mass is 10.3.